The van der Waals surface area contributed by atoms with E-state index in [2.05, 4.69) is 25.1 Å². The molecular weight excluding hydrogens is 202 g/mol. The molecule has 3 nitrogen and oxygen atoms in total. The van der Waals surface area contributed by atoms with Gasteiger partial charge in [-0.2, -0.15) is 0 Å². The number of hydrogen-bond donors (Lipinski definition) is 1. The lowest BCUT2D eigenvalue weighted by atomic mass is 9.87. The fourth-order valence-corrected chi connectivity index (χ4v) is 2.43. The maximum absolute atomic E-state index is 12.0. The van der Waals surface area contributed by atoms with E-state index in [0.29, 0.717) is 13.2 Å². The molecule has 0 aromatic heterocycles. The van der Waals surface area contributed by atoms with Crippen LogP contribution in [0.5, 0.6) is 0 Å². The minimum atomic E-state index is -0.564. The van der Waals surface area contributed by atoms with Crippen LogP contribution in [0.15, 0.2) is 0 Å². The molecule has 1 saturated carbocycles. The van der Waals surface area contributed by atoms with E-state index in [1.807, 2.05) is 6.92 Å². The Morgan fingerprint density at radius 2 is 2.19 bits per heavy atom. The third-order valence-corrected chi connectivity index (χ3v) is 3.20. The second kappa shape index (κ2) is 4.88. The van der Waals surface area contributed by atoms with Crippen molar-refractivity contribution in [1.29, 1.82) is 0 Å². The van der Waals surface area contributed by atoms with Crippen LogP contribution in [-0.4, -0.2) is 24.7 Å². The zero-order valence-corrected chi connectivity index (χ0v) is 10.4. The molecule has 0 bridgehead atoms. The van der Waals surface area contributed by atoms with Gasteiger partial charge in [-0.1, -0.05) is 19.8 Å². The first-order chi connectivity index (χ1) is 7.46. The fraction of sp³-hybridized carbons (Fsp3) is 0.769. The Hall–Kier alpha value is -1.01. The molecule has 0 saturated heterocycles. The van der Waals surface area contributed by atoms with Crippen molar-refractivity contribution < 1.29 is 9.53 Å². The maximum Gasteiger partial charge on any atom is 0.326 e. The van der Waals surface area contributed by atoms with Gasteiger partial charge in [0, 0.05) is 0 Å². The number of carbonyl (C=O) groups excluding carboxylic acids is 1. The van der Waals surface area contributed by atoms with E-state index in [4.69, 9.17) is 11.2 Å². The predicted molar refractivity (Wildman–Crippen MR) is 63.8 cm³/mol. The lowest BCUT2D eigenvalue weighted by molar-refractivity contribution is -0.151. The lowest BCUT2D eigenvalue weighted by Gasteiger charge is -2.29. The average Bonchev–Trinajstić information content (AvgIpc) is 2.53. The van der Waals surface area contributed by atoms with E-state index in [1.165, 1.54) is 0 Å². The summed E-state index contributed by atoms with van der Waals surface area (Å²) in [4.78, 5) is 12.0. The first-order valence-electron chi connectivity index (χ1n) is 5.81. The summed E-state index contributed by atoms with van der Waals surface area (Å²) in [6, 6.07) is 0. The molecular formula is C13H21NO2. The Bertz CT molecular complexity index is 304. The molecule has 90 valence electrons. The number of nitrogens with one attached hydrogen (secondary N) is 1. The van der Waals surface area contributed by atoms with Crippen molar-refractivity contribution >= 4 is 5.97 Å². The number of carbonyl (C=O) groups is 1. The minimum Gasteiger partial charge on any atom is -0.465 e. The summed E-state index contributed by atoms with van der Waals surface area (Å²) in [6.07, 6.45) is 7.86. The predicted octanol–water partition coefficient (Wildman–Crippen LogP) is 1.72. The van der Waals surface area contributed by atoms with Gasteiger partial charge in [-0.05, 0) is 31.6 Å². The third-order valence-electron chi connectivity index (χ3n) is 3.20. The minimum absolute atomic E-state index is 0.157. The van der Waals surface area contributed by atoms with E-state index in [-0.39, 0.29) is 11.4 Å². The van der Waals surface area contributed by atoms with Gasteiger partial charge in [0.25, 0.3) is 0 Å². The molecule has 3 heteroatoms. The van der Waals surface area contributed by atoms with Crippen LogP contribution >= 0.6 is 0 Å². The van der Waals surface area contributed by atoms with Crippen molar-refractivity contribution in [2.24, 2.45) is 5.41 Å². The van der Waals surface area contributed by atoms with Gasteiger partial charge < -0.3 is 4.74 Å². The Morgan fingerprint density at radius 1 is 1.50 bits per heavy atom. The van der Waals surface area contributed by atoms with E-state index < -0.39 is 5.54 Å². The standard InChI is InChI=1S/C13H21NO2/c1-5-9-14-13(11(15)16-6-2)8-7-12(3,4)10-13/h1,14H,6-10H2,2-4H3. The van der Waals surface area contributed by atoms with Crippen LogP contribution in [-0.2, 0) is 9.53 Å². The summed E-state index contributed by atoms with van der Waals surface area (Å²) in [5, 5.41) is 3.17. The summed E-state index contributed by atoms with van der Waals surface area (Å²) < 4.78 is 5.15. The zero-order valence-electron chi connectivity index (χ0n) is 10.4. The van der Waals surface area contributed by atoms with Gasteiger partial charge in [0.15, 0.2) is 0 Å². The number of esters is 1. The van der Waals surface area contributed by atoms with E-state index in [1.54, 1.807) is 0 Å². The lowest BCUT2D eigenvalue weighted by Crippen LogP contribution is -2.51. The highest BCUT2D eigenvalue weighted by Crippen LogP contribution is 2.44. The Balaban J connectivity index is 2.79. The molecule has 1 N–H and O–H groups in total. The van der Waals surface area contributed by atoms with Gasteiger partial charge in [0.05, 0.1) is 13.2 Å². The fourth-order valence-electron chi connectivity index (χ4n) is 2.43. The van der Waals surface area contributed by atoms with Crippen LogP contribution in [0.1, 0.15) is 40.0 Å². The highest BCUT2D eigenvalue weighted by Gasteiger charge is 2.49. The maximum atomic E-state index is 12.0. The molecule has 1 atom stereocenters. The number of rotatable bonds is 4. The smallest absolute Gasteiger partial charge is 0.326 e. The molecule has 1 rings (SSSR count). The zero-order chi connectivity index (χ0) is 12.2. The van der Waals surface area contributed by atoms with Gasteiger partial charge in [-0.25, -0.2) is 0 Å². The Labute approximate surface area is 97.9 Å². The molecule has 1 unspecified atom stereocenters. The molecule has 0 spiro atoms. The molecule has 16 heavy (non-hydrogen) atoms. The SMILES string of the molecule is C#CCNC1(C(=O)OCC)CCC(C)(C)C1. The van der Waals surface area contributed by atoms with Gasteiger partial charge in [-0.15, -0.1) is 6.42 Å². The van der Waals surface area contributed by atoms with Crippen molar-refractivity contribution in [2.45, 2.75) is 45.6 Å². The number of terminal acetylenes is 1. The largest absolute Gasteiger partial charge is 0.465 e. The van der Waals surface area contributed by atoms with Crippen LogP contribution in [0, 0.1) is 17.8 Å². The topological polar surface area (TPSA) is 38.3 Å². The molecule has 1 aliphatic rings. The van der Waals surface area contributed by atoms with Crippen molar-refractivity contribution in [3.8, 4) is 12.3 Å². The van der Waals surface area contributed by atoms with Crippen molar-refractivity contribution in [2.75, 3.05) is 13.2 Å². The van der Waals surface area contributed by atoms with Crippen LogP contribution in [0.25, 0.3) is 0 Å². The first-order valence-corrected chi connectivity index (χ1v) is 5.81. The van der Waals surface area contributed by atoms with Crippen molar-refractivity contribution in [3.63, 3.8) is 0 Å². The second-order valence-electron chi connectivity index (χ2n) is 5.20. The van der Waals surface area contributed by atoms with Crippen LogP contribution in [0.4, 0.5) is 0 Å². The molecule has 1 fully saturated rings. The van der Waals surface area contributed by atoms with Gasteiger partial charge in [0.2, 0.25) is 0 Å². The van der Waals surface area contributed by atoms with Gasteiger partial charge in [0.1, 0.15) is 5.54 Å². The summed E-state index contributed by atoms with van der Waals surface area (Å²) in [7, 11) is 0. The molecule has 0 heterocycles. The molecule has 0 radical (unpaired) electrons. The van der Waals surface area contributed by atoms with Gasteiger partial charge >= 0.3 is 5.97 Å². The van der Waals surface area contributed by atoms with E-state index in [9.17, 15) is 4.79 Å². The Kier molecular flexibility index (Phi) is 3.98. The molecule has 0 aromatic rings. The summed E-state index contributed by atoms with van der Waals surface area (Å²) in [5.74, 6) is 2.37. The normalized spacial score (nSPS) is 27.4. The number of ether oxygens (including phenoxy) is 1. The monoisotopic (exact) mass is 223 g/mol. The summed E-state index contributed by atoms with van der Waals surface area (Å²) in [6.45, 7) is 7.00. The van der Waals surface area contributed by atoms with Crippen molar-refractivity contribution in [3.05, 3.63) is 0 Å². The second-order valence-corrected chi connectivity index (χ2v) is 5.20. The third kappa shape index (κ3) is 2.76. The first kappa shape index (κ1) is 13.1. The van der Waals surface area contributed by atoms with Crippen molar-refractivity contribution in [1.82, 2.24) is 5.32 Å². The highest BCUT2D eigenvalue weighted by atomic mass is 16.5. The quantitative estimate of drug-likeness (QED) is 0.582. The molecule has 0 aliphatic heterocycles. The van der Waals surface area contributed by atoms with Crippen LogP contribution < -0.4 is 5.32 Å². The van der Waals surface area contributed by atoms with E-state index >= 15 is 0 Å². The molecule has 0 amide bonds. The van der Waals surface area contributed by atoms with E-state index in [0.717, 1.165) is 19.3 Å². The summed E-state index contributed by atoms with van der Waals surface area (Å²) >= 11 is 0. The number of hydrogen-bond acceptors (Lipinski definition) is 3. The van der Waals surface area contributed by atoms with Crippen LogP contribution in [0.2, 0.25) is 0 Å². The average molecular weight is 223 g/mol. The van der Waals surface area contributed by atoms with Gasteiger partial charge in [-0.3, -0.25) is 10.1 Å². The Morgan fingerprint density at radius 3 is 2.62 bits per heavy atom. The summed E-state index contributed by atoms with van der Waals surface area (Å²) in [5.41, 5.74) is -0.389. The molecule has 0 aromatic carbocycles. The highest BCUT2D eigenvalue weighted by molar-refractivity contribution is 5.81. The van der Waals surface area contributed by atoms with Crippen LogP contribution in [0.3, 0.4) is 0 Å². The molecule has 1 aliphatic carbocycles.